The van der Waals surface area contributed by atoms with E-state index >= 15 is 0 Å². The summed E-state index contributed by atoms with van der Waals surface area (Å²) in [6.07, 6.45) is 5.42. The van der Waals surface area contributed by atoms with Crippen LogP contribution in [-0.4, -0.2) is 34.3 Å². The van der Waals surface area contributed by atoms with Gasteiger partial charge in [-0.05, 0) is 6.92 Å². The lowest BCUT2D eigenvalue weighted by Gasteiger charge is -2.05. The van der Waals surface area contributed by atoms with Crippen LogP contribution in [0.25, 0.3) is 0 Å². The molecule has 2 rings (SSSR count). The van der Waals surface area contributed by atoms with E-state index in [0.717, 1.165) is 5.82 Å². The lowest BCUT2D eigenvalue weighted by molar-refractivity contribution is 0.579. The number of imidazole rings is 1. The molecule has 0 aliphatic carbocycles. The maximum Gasteiger partial charge on any atom is 0.245 e. The number of aryl methyl sites for hydroxylation is 2. The summed E-state index contributed by atoms with van der Waals surface area (Å²) in [6, 6.07) is 0. The SMILES string of the molecule is CCn1cc(S(=O)(=O)NCCc2nccn2C)c(N)n1. The molecule has 8 nitrogen and oxygen atoms in total. The van der Waals surface area contributed by atoms with E-state index in [1.54, 1.807) is 6.20 Å². The van der Waals surface area contributed by atoms with Gasteiger partial charge in [0.15, 0.2) is 5.82 Å². The van der Waals surface area contributed by atoms with Crippen molar-refractivity contribution in [2.45, 2.75) is 24.8 Å². The first kappa shape index (κ1) is 14.5. The molecule has 0 radical (unpaired) electrons. The van der Waals surface area contributed by atoms with Crippen molar-refractivity contribution in [3.8, 4) is 0 Å². The third-order valence-electron chi connectivity index (χ3n) is 2.93. The predicted octanol–water partition coefficient (Wildman–Crippen LogP) is -0.260. The molecule has 2 aromatic rings. The van der Waals surface area contributed by atoms with Crippen LogP contribution in [-0.2, 0) is 30.0 Å². The molecule has 110 valence electrons. The van der Waals surface area contributed by atoms with Crippen LogP contribution in [0.2, 0.25) is 0 Å². The molecule has 0 aromatic carbocycles. The van der Waals surface area contributed by atoms with Crippen molar-refractivity contribution in [1.82, 2.24) is 24.1 Å². The van der Waals surface area contributed by atoms with Crippen LogP contribution >= 0.6 is 0 Å². The minimum atomic E-state index is -3.64. The van der Waals surface area contributed by atoms with Crippen molar-refractivity contribution in [2.75, 3.05) is 12.3 Å². The summed E-state index contributed by atoms with van der Waals surface area (Å²) in [5.41, 5.74) is 5.63. The van der Waals surface area contributed by atoms with Gasteiger partial charge >= 0.3 is 0 Å². The zero-order valence-electron chi connectivity index (χ0n) is 11.4. The zero-order valence-corrected chi connectivity index (χ0v) is 12.3. The Hall–Kier alpha value is -1.87. The molecule has 0 unspecified atom stereocenters. The highest BCUT2D eigenvalue weighted by Crippen LogP contribution is 2.15. The summed E-state index contributed by atoms with van der Waals surface area (Å²) < 4.78 is 30.1. The van der Waals surface area contributed by atoms with Crippen LogP contribution in [0.1, 0.15) is 12.7 Å². The molecule has 0 amide bonds. The molecule has 0 aliphatic heterocycles. The summed E-state index contributed by atoms with van der Waals surface area (Å²) in [6.45, 7) is 2.67. The Morgan fingerprint density at radius 2 is 2.20 bits per heavy atom. The molecule has 0 spiro atoms. The smallest absolute Gasteiger partial charge is 0.245 e. The Morgan fingerprint density at radius 3 is 2.75 bits per heavy atom. The van der Waals surface area contributed by atoms with Crippen molar-refractivity contribution in [1.29, 1.82) is 0 Å². The number of nitrogens with two attached hydrogens (primary N) is 1. The number of sulfonamides is 1. The third-order valence-corrected chi connectivity index (χ3v) is 4.41. The van der Waals surface area contributed by atoms with Crippen molar-refractivity contribution < 1.29 is 8.42 Å². The highest BCUT2D eigenvalue weighted by molar-refractivity contribution is 7.89. The van der Waals surface area contributed by atoms with Crippen molar-refractivity contribution >= 4 is 15.8 Å². The highest BCUT2D eigenvalue weighted by atomic mass is 32.2. The fourth-order valence-corrected chi connectivity index (χ4v) is 2.90. The zero-order chi connectivity index (χ0) is 14.8. The van der Waals surface area contributed by atoms with Gasteiger partial charge in [0.2, 0.25) is 10.0 Å². The fraction of sp³-hybridized carbons (Fsp3) is 0.455. The minimum Gasteiger partial charge on any atom is -0.381 e. The second kappa shape index (κ2) is 5.63. The maximum absolute atomic E-state index is 12.1. The molecule has 0 saturated carbocycles. The number of anilines is 1. The summed E-state index contributed by atoms with van der Waals surface area (Å²) >= 11 is 0. The molecule has 0 aliphatic rings. The molecule has 0 atom stereocenters. The highest BCUT2D eigenvalue weighted by Gasteiger charge is 2.20. The molecule has 0 saturated heterocycles. The van der Waals surface area contributed by atoms with Gasteiger partial charge in [0.25, 0.3) is 0 Å². The summed E-state index contributed by atoms with van der Waals surface area (Å²) in [4.78, 5) is 4.14. The fourth-order valence-electron chi connectivity index (χ4n) is 1.80. The van der Waals surface area contributed by atoms with Crippen LogP contribution in [0, 0.1) is 0 Å². The Bertz CT molecular complexity index is 688. The van der Waals surface area contributed by atoms with E-state index in [4.69, 9.17) is 5.73 Å². The molecule has 0 bridgehead atoms. The largest absolute Gasteiger partial charge is 0.381 e. The average molecular weight is 298 g/mol. The number of hydrogen-bond acceptors (Lipinski definition) is 5. The van der Waals surface area contributed by atoms with Gasteiger partial charge in [-0.3, -0.25) is 4.68 Å². The van der Waals surface area contributed by atoms with Gasteiger partial charge in [-0.25, -0.2) is 18.1 Å². The molecule has 9 heteroatoms. The van der Waals surface area contributed by atoms with Crippen LogP contribution in [0.3, 0.4) is 0 Å². The molecular weight excluding hydrogens is 280 g/mol. The first-order valence-corrected chi connectivity index (χ1v) is 7.71. The van der Waals surface area contributed by atoms with Crippen molar-refractivity contribution in [2.24, 2.45) is 7.05 Å². The summed E-state index contributed by atoms with van der Waals surface area (Å²) in [7, 11) is -1.78. The molecule has 2 heterocycles. The molecule has 3 N–H and O–H groups in total. The number of nitrogen functional groups attached to an aromatic ring is 1. The van der Waals surface area contributed by atoms with Gasteiger partial charge in [0, 0.05) is 45.1 Å². The van der Waals surface area contributed by atoms with E-state index in [1.165, 1.54) is 10.9 Å². The standard InChI is InChI=1S/C11H18N6O2S/c1-3-17-8-9(11(12)15-17)20(18,19)14-5-4-10-13-6-7-16(10)2/h6-8,14H,3-5H2,1-2H3,(H2,12,15). The number of nitrogens with one attached hydrogen (secondary N) is 1. The Labute approximate surface area is 117 Å². The summed E-state index contributed by atoms with van der Waals surface area (Å²) in [5, 5.41) is 3.93. The van der Waals surface area contributed by atoms with Crippen LogP contribution in [0.4, 0.5) is 5.82 Å². The van der Waals surface area contributed by atoms with Crippen molar-refractivity contribution in [3.63, 3.8) is 0 Å². The van der Waals surface area contributed by atoms with Crippen LogP contribution in [0.15, 0.2) is 23.5 Å². The van der Waals surface area contributed by atoms with Crippen LogP contribution < -0.4 is 10.5 Å². The molecule has 20 heavy (non-hydrogen) atoms. The quantitative estimate of drug-likeness (QED) is 0.764. The first-order valence-electron chi connectivity index (χ1n) is 6.23. The molecule has 2 aromatic heterocycles. The van der Waals surface area contributed by atoms with E-state index in [9.17, 15) is 8.42 Å². The Morgan fingerprint density at radius 1 is 1.45 bits per heavy atom. The van der Waals surface area contributed by atoms with Gasteiger partial charge in [-0.1, -0.05) is 0 Å². The molecular formula is C11H18N6O2S. The van der Waals surface area contributed by atoms with Crippen LogP contribution in [0.5, 0.6) is 0 Å². The number of aromatic nitrogens is 4. The van der Waals surface area contributed by atoms with Crippen molar-refractivity contribution in [3.05, 3.63) is 24.4 Å². The van der Waals surface area contributed by atoms with E-state index in [-0.39, 0.29) is 17.3 Å². The maximum atomic E-state index is 12.1. The lowest BCUT2D eigenvalue weighted by atomic mass is 10.4. The van der Waals surface area contributed by atoms with E-state index in [1.807, 2.05) is 24.7 Å². The van der Waals surface area contributed by atoms with Gasteiger partial charge in [-0.2, -0.15) is 5.10 Å². The predicted molar refractivity (Wildman–Crippen MR) is 74.4 cm³/mol. The van der Waals surface area contributed by atoms with Gasteiger partial charge < -0.3 is 10.3 Å². The van der Waals surface area contributed by atoms with E-state index in [2.05, 4.69) is 14.8 Å². The first-order chi connectivity index (χ1) is 9.44. The third kappa shape index (κ3) is 2.99. The van der Waals surface area contributed by atoms with E-state index in [0.29, 0.717) is 13.0 Å². The number of nitrogens with zero attached hydrogens (tertiary/aromatic N) is 4. The second-order valence-corrected chi connectivity index (χ2v) is 6.07. The van der Waals surface area contributed by atoms with Gasteiger partial charge in [0.05, 0.1) is 0 Å². The topological polar surface area (TPSA) is 108 Å². The second-order valence-electron chi connectivity index (χ2n) is 4.34. The lowest BCUT2D eigenvalue weighted by Crippen LogP contribution is -2.27. The Kier molecular flexibility index (Phi) is 4.09. The average Bonchev–Trinajstić information content (AvgIpc) is 2.96. The minimum absolute atomic E-state index is 0.0105. The Balaban J connectivity index is 2.04. The molecule has 0 fully saturated rings. The summed E-state index contributed by atoms with van der Waals surface area (Å²) in [5.74, 6) is 0.821. The monoisotopic (exact) mass is 298 g/mol. The van der Waals surface area contributed by atoms with Gasteiger partial charge in [-0.15, -0.1) is 0 Å². The normalized spacial score (nSPS) is 11.9. The van der Waals surface area contributed by atoms with Gasteiger partial charge in [0.1, 0.15) is 10.7 Å². The number of hydrogen-bond donors (Lipinski definition) is 2. The number of rotatable bonds is 6. The van der Waals surface area contributed by atoms with E-state index < -0.39 is 10.0 Å².